The van der Waals surface area contributed by atoms with Crippen molar-refractivity contribution in [2.45, 2.75) is 50.2 Å². The third-order valence-corrected chi connectivity index (χ3v) is 6.83. The number of aromatic nitrogens is 2. The summed E-state index contributed by atoms with van der Waals surface area (Å²) in [6, 6.07) is 19.1. The number of rotatable bonds is 5. The molecule has 6 heteroatoms. The fraction of sp³-hybridized carbons (Fsp3) is 0.360. The van der Waals surface area contributed by atoms with Crippen LogP contribution in [0, 0.1) is 0 Å². The van der Waals surface area contributed by atoms with E-state index in [4.69, 9.17) is 17.0 Å². The molecule has 1 aromatic carbocycles. The molecule has 5 rings (SSSR count). The molecule has 0 amide bonds. The quantitative estimate of drug-likeness (QED) is 0.534. The van der Waals surface area contributed by atoms with Gasteiger partial charge in [0.05, 0.1) is 18.8 Å². The van der Waals surface area contributed by atoms with E-state index in [0.717, 1.165) is 17.1 Å². The van der Waals surface area contributed by atoms with Crippen LogP contribution in [-0.4, -0.2) is 21.8 Å². The van der Waals surface area contributed by atoms with E-state index in [1.165, 1.54) is 37.8 Å². The van der Waals surface area contributed by atoms with Gasteiger partial charge in [0, 0.05) is 35.9 Å². The summed E-state index contributed by atoms with van der Waals surface area (Å²) in [6.45, 7) is 0. The third kappa shape index (κ3) is 3.81. The summed E-state index contributed by atoms with van der Waals surface area (Å²) in [5, 5.41) is 4.28. The lowest BCUT2D eigenvalue weighted by molar-refractivity contribution is 0.340. The van der Waals surface area contributed by atoms with Gasteiger partial charge in [-0.2, -0.15) is 0 Å². The zero-order chi connectivity index (χ0) is 21.2. The summed E-state index contributed by atoms with van der Waals surface area (Å²) < 4.78 is 7.99. The number of hydrogen-bond acceptors (Lipinski definition) is 3. The molecule has 1 N–H and O–H groups in total. The smallest absolute Gasteiger partial charge is 0.174 e. The molecule has 2 fully saturated rings. The topological polar surface area (TPSA) is 42.3 Å². The Hall–Kier alpha value is -2.86. The fourth-order valence-electron chi connectivity index (χ4n) is 5.04. The van der Waals surface area contributed by atoms with E-state index in [1.807, 2.05) is 30.5 Å². The monoisotopic (exact) mass is 432 g/mol. The zero-order valence-corrected chi connectivity index (χ0v) is 18.6. The number of nitrogens with zero attached hydrogens (tertiary/aromatic N) is 3. The minimum atomic E-state index is -0.0304. The van der Waals surface area contributed by atoms with E-state index in [9.17, 15) is 0 Å². The van der Waals surface area contributed by atoms with Gasteiger partial charge < -0.3 is 19.5 Å². The second kappa shape index (κ2) is 8.71. The highest BCUT2D eigenvalue weighted by atomic mass is 32.1. The van der Waals surface area contributed by atoms with Crippen molar-refractivity contribution >= 4 is 23.0 Å². The number of nitrogens with one attached hydrogen (secondary N) is 1. The van der Waals surface area contributed by atoms with Gasteiger partial charge >= 0.3 is 0 Å². The van der Waals surface area contributed by atoms with Crippen molar-refractivity contribution < 1.29 is 4.74 Å². The largest absolute Gasteiger partial charge is 0.497 e. The lowest BCUT2D eigenvalue weighted by atomic mass is 9.94. The van der Waals surface area contributed by atoms with E-state index in [1.54, 1.807) is 7.11 Å². The van der Waals surface area contributed by atoms with Gasteiger partial charge in [-0.1, -0.05) is 31.4 Å². The number of ether oxygens (including phenoxy) is 1. The Kier molecular flexibility index (Phi) is 5.64. The van der Waals surface area contributed by atoms with Crippen LogP contribution in [0.4, 0.5) is 5.69 Å². The van der Waals surface area contributed by atoms with Gasteiger partial charge in [-0.15, -0.1) is 0 Å². The van der Waals surface area contributed by atoms with Crippen LogP contribution in [-0.2, 0) is 0 Å². The first-order chi connectivity index (χ1) is 15.3. The molecule has 0 spiro atoms. The van der Waals surface area contributed by atoms with Crippen molar-refractivity contribution in [3.05, 3.63) is 78.4 Å². The molecule has 2 aromatic heterocycles. The van der Waals surface area contributed by atoms with Crippen LogP contribution in [0.15, 0.2) is 67.0 Å². The Morgan fingerprint density at radius 2 is 1.90 bits per heavy atom. The molecule has 0 bridgehead atoms. The molecule has 3 heterocycles. The molecule has 2 aliphatic rings. The molecule has 1 saturated carbocycles. The number of pyridine rings is 1. The van der Waals surface area contributed by atoms with Crippen LogP contribution < -0.4 is 15.0 Å². The molecule has 0 radical (unpaired) electrons. The average Bonchev–Trinajstić information content (AvgIpc) is 3.44. The number of thiocarbonyl (C=S) groups is 1. The molecule has 1 aliphatic carbocycles. The Morgan fingerprint density at radius 1 is 1.03 bits per heavy atom. The van der Waals surface area contributed by atoms with Crippen molar-refractivity contribution in [3.63, 3.8) is 0 Å². The first kappa shape index (κ1) is 20.1. The van der Waals surface area contributed by atoms with Crippen molar-refractivity contribution in [2.24, 2.45) is 0 Å². The predicted molar refractivity (Wildman–Crippen MR) is 127 cm³/mol. The lowest BCUT2D eigenvalue weighted by Gasteiger charge is -2.32. The van der Waals surface area contributed by atoms with Crippen LogP contribution in [0.3, 0.4) is 0 Å². The molecule has 2 unspecified atom stereocenters. The summed E-state index contributed by atoms with van der Waals surface area (Å²) in [5.41, 5.74) is 3.30. The van der Waals surface area contributed by atoms with E-state index in [0.29, 0.717) is 11.2 Å². The highest BCUT2D eigenvalue weighted by Gasteiger charge is 2.42. The van der Waals surface area contributed by atoms with Crippen LogP contribution in [0.1, 0.15) is 61.6 Å². The maximum atomic E-state index is 5.87. The molecule has 3 aromatic rings. The van der Waals surface area contributed by atoms with Crippen LogP contribution in [0.2, 0.25) is 0 Å². The molecule has 160 valence electrons. The summed E-state index contributed by atoms with van der Waals surface area (Å²) in [6.07, 6.45) is 10.5. The Balaban J connectivity index is 1.61. The SMILES string of the molecule is COc1cccc(N2C(=S)NC(c3ccccn3)C2c2cccn2C2CCCCC2)c1. The second-order valence-corrected chi connectivity index (χ2v) is 8.72. The first-order valence-electron chi connectivity index (χ1n) is 11.1. The molecule has 1 aliphatic heterocycles. The van der Waals surface area contributed by atoms with Crippen LogP contribution in [0.25, 0.3) is 0 Å². The summed E-state index contributed by atoms with van der Waals surface area (Å²) in [7, 11) is 1.70. The van der Waals surface area contributed by atoms with Crippen LogP contribution in [0.5, 0.6) is 5.75 Å². The molecular formula is C25H28N4OS. The Bertz CT molecular complexity index is 1040. The summed E-state index contributed by atoms with van der Waals surface area (Å²) >= 11 is 5.87. The molecule has 2 atom stereocenters. The Morgan fingerprint density at radius 3 is 2.68 bits per heavy atom. The maximum absolute atomic E-state index is 5.87. The van der Waals surface area contributed by atoms with Gasteiger partial charge in [-0.05, 0) is 61.5 Å². The third-order valence-electron chi connectivity index (χ3n) is 6.51. The summed E-state index contributed by atoms with van der Waals surface area (Å²) in [5.74, 6) is 0.822. The number of anilines is 1. The zero-order valence-electron chi connectivity index (χ0n) is 17.8. The standard InChI is InChI=1S/C25H28N4OS/c1-30-20-12-7-11-19(17-20)29-24(23(27-25(29)31)21-13-5-6-15-26-21)22-14-8-16-28(22)18-9-3-2-4-10-18/h5-8,11-18,23-24H,2-4,9-10H2,1H3,(H,27,31). The van der Waals surface area contributed by atoms with Gasteiger partial charge in [0.15, 0.2) is 5.11 Å². The molecular weight excluding hydrogens is 404 g/mol. The Labute approximate surface area is 189 Å². The number of methoxy groups -OCH3 is 1. The van der Waals surface area contributed by atoms with Gasteiger partial charge in [0.2, 0.25) is 0 Å². The second-order valence-electron chi connectivity index (χ2n) is 8.33. The highest BCUT2D eigenvalue weighted by Crippen LogP contribution is 2.43. The van der Waals surface area contributed by atoms with E-state index in [2.05, 4.69) is 56.3 Å². The molecule has 31 heavy (non-hydrogen) atoms. The lowest BCUT2D eigenvalue weighted by Crippen LogP contribution is -2.31. The maximum Gasteiger partial charge on any atom is 0.174 e. The minimum Gasteiger partial charge on any atom is -0.497 e. The van der Waals surface area contributed by atoms with Gasteiger partial charge in [0.1, 0.15) is 11.8 Å². The normalized spacial score (nSPS) is 21.8. The van der Waals surface area contributed by atoms with Crippen molar-refractivity contribution in [3.8, 4) is 5.75 Å². The van der Waals surface area contributed by atoms with E-state index >= 15 is 0 Å². The van der Waals surface area contributed by atoms with E-state index in [-0.39, 0.29) is 12.1 Å². The fourth-order valence-corrected chi connectivity index (χ4v) is 5.39. The number of hydrogen-bond donors (Lipinski definition) is 1. The van der Waals surface area contributed by atoms with Gasteiger partial charge in [-0.3, -0.25) is 4.98 Å². The number of benzene rings is 1. The summed E-state index contributed by atoms with van der Waals surface area (Å²) in [4.78, 5) is 6.90. The van der Waals surface area contributed by atoms with Gasteiger partial charge in [0.25, 0.3) is 0 Å². The van der Waals surface area contributed by atoms with Crippen molar-refractivity contribution in [1.82, 2.24) is 14.9 Å². The van der Waals surface area contributed by atoms with Crippen molar-refractivity contribution in [1.29, 1.82) is 0 Å². The van der Waals surface area contributed by atoms with Gasteiger partial charge in [-0.25, -0.2) is 0 Å². The van der Waals surface area contributed by atoms with E-state index < -0.39 is 0 Å². The first-order valence-corrected chi connectivity index (χ1v) is 11.5. The average molecular weight is 433 g/mol. The molecule has 1 saturated heterocycles. The molecule has 5 nitrogen and oxygen atoms in total. The minimum absolute atomic E-state index is 0.00596. The highest BCUT2D eigenvalue weighted by molar-refractivity contribution is 7.80. The van der Waals surface area contributed by atoms with Crippen LogP contribution >= 0.6 is 12.2 Å². The van der Waals surface area contributed by atoms with Crippen molar-refractivity contribution in [2.75, 3.05) is 12.0 Å². The predicted octanol–water partition coefficient (Wildman–Crippen LogP) is 5.57.